The summed E-state index contributed by atoms with van der Waals surface area (Å²) in [5.41, 5.74) is 10.1. The molecule has 24 heavy (non-hydrogen) atoms. The van der Waals surface area contributed by atoms with Gasteiger partial charge in [-0.15, -0.1) is 11.3 Å². The molecular formula is C18H17N3O2S. The maximum Gasteiger partial charge on any atom is 0.221 e. The van der Waals surface area contributed by atoms with Gasteiger partial charge in [0.15, 0.2) is 0 Å². The first-order valence-corrected chi connectivity index (χ1v) is 8.65. The minimum atomic E-state index is -0.237. The van der Waals surface area contributed by atoms with Crippen molar-refractivity contribution in [3.8, 4) is 11.1 Å². The minimum Gasteiger partial charge on any atom is -0.390 e. The van der Waals surface area contributed by atoms with Crippen LogP contribution in [0.2, 0.25) is 0 Å². The van der Waals surface area contributed by atoms with Gasteiger partial charge in [0.2, 0.25) is 5.91 Å². The summed E-state index contributed by atoms with van der Waals surface area (Å²) in [7, 11) is 0. The average molecular weight is 339 g/mol. The largest absolute Gasteiger partial charge is 0.390 e. The number of benzene rings is 1. The highest BCUT2D eigenvalue weighted by Crippen LogP contribution is 2.49. The molecule has 4 rings (SSSR count). The van der Waals surface area contributed by atoms with Crippen LogP contribution in [-0.2, 0) is 11.4 Å². The van der Waals surface area contributed by atoms with Crippen LogP contribution < -0.4 is 5.73 Å². The molecule has 2 heterocycles. The summed E-state index contributed by atoms with van der Waals surface area (Å²) < 4.78 is 1.07. The fourth-order valence-electron chi connectivity index (χ4n) is 3.17. The molecule has 0 saturated heterocycles. The Labute approximate surface area is 143 Å². The number of nitrogens with zero attached hydrogens (tertiary/aromatic N) is 2. The van der Waals surface area contributed by atoms with Crippen LogP contribution in [0.1, 0.15) is 28.6 Å². The lowest BCUT2D eigenvalue weighted by Crippen LogP contribution is -2.13. The number of rotatable bonds is 4. The van der Waals surface area contributed by atoms with Gasteiger partial charge in [0.05, 0.1) is 27.5 Å². The zero-order valence-corrected chi connectivity index (χ0v) is 14.0. The Balaban J connectivity index is 1.76. The predicted octanol–water partition coefficient (Wildman–Crippen LogP) is 2.75. The van der Waals surface area contributed by atoms with Crippen LogP contribution in [0.4, 0.5) is 0 Å². The summed E-state index contributed by atoms with van der Waals surface area (Å²) in [6, 6.07) is 8.02. The molecule has 6 heteroatoms. The highest BCUT2D eigenvalue weighted by molar-refractivity contribution is 7.18. The first kappa shape index (κ1) is 15.2. The molecule has 2 atom stereocenters. The van der Waals surface area contributed by atoms with Crippen molar-refractivity contribution in [1.82, 2.24) is 9.97 Å². The topological polar surface area (TPSA) is 89.1 Å². The number of fused-ring (bicyclic) bond motifs is 1. The van der Waals surface area contributed by atoms with Gasteiger partial charge in [-0.25, -0.2) is 4.98 Å². The van der Waals surface area contributed by atoms with Crippen molar-refractivity contribution in [2.24, 2.45) is 11.7 Å². The van der Waals surface area contributed by atoms with Gasteiger partial charge >= 0.3 is 0 Å². The van der Waals surface area contributed by atoms with E-state index >= 15 is 0 Å². The van der Waals surface area contributed by atoms with E-state index in [0.29, 0.717) is 5.69 Å². The Morgan fingerprint density at radius 2 is 2.25 bits per heavy atom. The molecule has 1 aliphatic rings. The third-order valence-corrected chi connectivity index (χ3v) is 5.70. The molecule has 0 bridgehead atoms. The molecule has 1 fully saturated rings. The van der Waals surface area contributed by atoms with Gasteiger partial charge in [-0.2, -0.15) is 0 Å². The quantitative estimate of drug-likeness (QED) is 0.765. The Morgan fingerprint density at radius 1 is 1.42 bits per heavy atom. The number of pyridine rings is 1. The summed E-state index contributed by atoms with van der Waals surface area (Å²) in [4.78, 5) is 20.2. The smallest absolute Gasteiger partial charge is 0.221 e. The molecule has 3 aromatic rings. The Hall–Kier alpha value is -2.31. The molecule has 1 saturated carbocycles. The highest BCUT2D eigenvalue weighted by Gasteiger charge is 2.44. The van der Waals surface area contributed by atoms with Crippen molar-refractivity contribution in [3.05, 3.63) is 46.7 Å². The number of aromatic nitrogens is 2. The normalized spacial score (nSPS) is 19.6. The number of aliphatic hydroxyl groups excluding tert-OH is 1. The van der Waals surface area contributed by atoms with Gasteiger partial charge in [0.1, 0.15) is 0 Å². The van der Waals surface area contributed by atoms with Gasteiger partial charge in [0, 0.05) is 23.6 Å². The van der Waals surface area contributed by atoms with E-state index in [1.54, 1.807) is 17.5 Å². The lowest BCUT2D eigenvalue weighted by atomic mass is 9.99. The van der Waals surface area contributed by atoms with Crippen molar-refractivity contribution < 1.29 is 9.90 Å². The monoisotopic (exact) mass is 339 g/mol. The summed E-state index contributed by atoms with van der Waals surface area (Å²) >= 11 is 1.62. The predicted molar refractivity (Wildman–Crippen MR) is 93.6 cm³/mol. The molecule has 0 aliphatic heterocycles. The highest BCUT2D eigenvalue weighted by atomic mass is 32.1. The number of hydrogen-bond acceptors (Lipinski definition) is 5. The number of carbonyl (C=O) groups excluding carboxylic acids is 1. The van der Waals surface area contributed by atoms with Crippen LogP contribution >= 0.6 is 11.3 Å². The third-order valence-electron chi connectivity index (χ3n) is 4.55. The van der Waals surface area contributed by atoms with Crippen LogP contribution in [0.5, 0.6) is 0 Å². The van der Waals surface area contributed by atoms with Gasteiger partial charge in [0.25, 0.3) is 0 Å². The maximum absolute atomic E-state index is 11.3. The number of aryl methyl sites for hydroxylation is 1. The molecule has 5 nitrogen and oxygen atoms in total. The van der Waals surface area contributed by atoms with Gasteiger partial charge in [-0.05, 0) is 42.7 Å². The summed E-state index contributed by atoms with van der Waals surface area (Å²) in [6.07, 6.45) is 2.52. The average Bonchev–Trinajstić information content (AvgIpc) is 3.27. The lowest BCUT2D eigenvalue weighted by molar-refractivity contribution is -0.119. The van der Waals surface area contributed by atoms with Gasteiger partial charge < -0.3 is 10.8 Å². The third kappa shape index (κ3) is 2.48. The minimum absolute atomic E-state index is 0.0633. The SMILES string of the molecule is Cc1ccnc(CO)c1-c1ccc2nc(C3CC3C(N)=O)sc2c1. The van der Waals surface area contributed by atoms with Crippen LogP contribution in [-0.4, -0.2) is 21.0 Å². The number of amides is 1. The number of aliphatic hydroxyl groups is 1. The zero-order chi connectivity index (χ0) is 16.8. The zero-order valence-electron chi connectivity index (χ0n) is 13.2. The van der Waals surface area contributed by atoms with Gasteiger partial charge in [-0.1, -0.05) is 6.07 Å². The van der Waals surface area contributed by atoms with Crippen LogP contribution in [0.25, 0.3) is 21.3 Å². The second-order valence-electron chi connectivity index (χ2n) is 6.19. The summed E-state index contributed by atoms with van der Waals surface area (Å²) in [5, 5.41) is 10.6. The van der Waals surface area contributed by atoms with Crippen molar-refractivity contribution in [2.75, 3.05) is 0 Å². The fraction of sp³-hybridized carbons (Fsp3) is 0.278. The van der Waals surface area contributed by atoms with E-state index in [0.717, 1.165) is 38.3 Å². The standard InChI is InChI=1S/C18H17N3O2S/c1-9-4-5-20-14(8-22)16(9)10-2-3-13-15(6-10)24-18(21-13)12-7-11(12)17(19)23/h2-6,11-12,22H,7-8H2,1H3,(H2,19,23). The van der Waals surface area contributed by atoms with E-state index in [9.17, 15) is 9.90 Å². The second-order valence-corrected chi connectivity index (χ2v) is 7.26. The van der Waals surface area contributed by atoms with Crippen LogP contribution in [0.15, 0.2) is 30.5 Å². The molecule has 0 spiro atoms. The Bertz CT molecular complexity index is 951. The number of carbonyl (C=O) groups is 1. The van der Waals surface area contributed by atoms with Crippen LogP contribution in [0, 0.1) is 12.8 Å². The molecule has 122 valence electrons. The molecule has 2 aromatic heterocycles. The van der Waals surface area contributed by atoms with E-state index in [1.807, 2.05) is 25.1 Å². The van der Waals surface area contributed by atoms with E-state index in [1.165, 1.54) is 0 Å². The fourth-order valence-corrected chi connectivity index (χ4v) is 4.35. The molecular weight excluding hydrogens is 322 g/mol. The van der Waals surface area contributed by atoms with Gasteiger partial charge in [-0.3, -0.25) is 9.78 Å². The number of thiazole rings is 1. The van der Waals surface area contributed by atoms with Crippen molar-refractivity contribution >= 4 is 27.5 Å². The molecule has 0 radical (unpaired) electrons. The summed E-state index contributed by atoms with van der Waals surface area (Å²) in [6.45, 7) is 1.92. The molecule has 2 unspecified atom stereocenters. The van der Waals surface area contributed by atoms with Crippen molar-refractivity contribution in [1.29, 1.82) is 0 Å². The second kappa shape index (κ2) is 5.65. The molecule has 1 aromatic carbocycles. The van der Waals surface area contributed by atoms with E-state index in [2.05, 4.69) is 16.0 Å². The number of hydrogen-bond donors (Lipinski definition) is 2. The van der Waals surface area contributed by atoms with E-state index in [-0.39, 0.29) is 24.3 Å². The van der Waals surface area contributed by atoms with Crippen molar-refractivity contribution in [3.63, 3.8) is 0 Å². The van der Waals surface area contributed by atoms with E-state index < -0.39 is 0 Å². The number of primary amides is 1. The van der Waals surface area contributed by atoms with Crippen molar-refractivity contribution in [2.45, 2.75) is 25.9 Å². The Kier molecular flexibility index (Phi) is 3.58. The first-order chi connectivity index (χ1) is 11.6. The molecule has 1 aliphatic carbocycles. The summed E-state index contributed by atoms with van der Waals surface area (Å²) in [5.74, 6) is -0.124. The first-order valence-electron chi connectivity index (χ1n) is 7.84. The van der Waals surface area contributed by atoms with Crippen LogP contribution in [0.3, 0.4) is 0 Å². The Morgan fingerprint density at radius 3 is 2.96 bits per heavy atom. The van der Waals surface area contributed by atoms with E-state index in [4.69, 9.17) is 5.73 Å². The lowest BCUT2D eigenvalue weighted by Gasteiger charge is -2.10. The molecule has 3 N–H and O–H groups in total. The number of nitrogens with two attached hydrogens (primary N) is 1. The molecule has 1 amide bonds. The maximum atomic E-state index is 11.3.